The standard InChI is InChI=1S/C4H3O3/c5-4-1-2-6-3-7-4/h1-3H. The first-order valence-corrected chi connectivity index (χ1v) is 1.74. The highest BCUT2D eigenvalue weighted by Gasteiger charge is 2.00. The smallest absolute Gasteiger partial charge is 0.337 e. The summed E-state index contributed by atoms with van der Waals surface area (Å²) in [6.07, 6.45) is 2.45. The quantitative estimate of drug-likeness (QED) is 0.407. The highest BCUT2D eigenvalue weighted by atomic mass is 16.7. The van der Waals surface area contributed by atoms with Gasteiger partial charge in [0.25, 0.3) is 0 Å². The fraction of sp³-hybridized carbons (Fsp3) is 0. The minimum absolute atomic E-state index is 0.397. The van der Waals surface area contributed by atoms with Crippen molar-refractivity contribution in [3.63, 3.8) is 0 Å². The Kier molecular flexibility index (Phi) is 0.978. The van der Waals surface area contributed by atoms with Crippen molar-refractivity contribution in [1.82, 2.24) is 0 Å². The fourth-order valence-electron chi connectivity index (χ4n) is 0.241. The lowest BCUT2D eigenvalue weighted by Gasteiger charge is -2.02. The molecule has 3 nitrogen and oxygen atoms in total. The summed E-state index contributed by atoms with van der Waals surface area (Å²) in [5.41, 5.74) is 0. The molecule has 0 spiro atoms. The van der Waals surface area contributed by atoms with Crippen molar-refractivity contribution in [2.24, 2.45) is 0 Å². The molecule has 0 fully saturated rings. The van der Waals surface area contributed by atoms with Crippen LogP contribution in [0.4, 0.5) is 0 Å². The van der Waals surface area contributed by atoms with Crippen molar-refractivity contribution < 1.29 is 14.3 Å². The van der Waals surface area contributed by atoms with E-state index in [1.807, 2.05) is 0 Å². The van der Waals surface area contributed by atoms with E-state index in [1.165, 1.54) is 12.3 Å². The summed E-state index contributed by atoms with van der Waals surface area (Å²) in [6, 6.07) is 0. The second-order valence-electron chi connectivity index (χ2n) is 0.972. The molecule has 1 heterocycles. The Morgan fingerprint density at radius 1 is 1.57 bits per heavy atom. The number of carbonyl (C=O) groups excluding carboxylic acids is 1. The molecular formula is C4H3O3. The molecule has 0 saturated heterocycles. The first kappa shape index (κ1) is 4.18. The van der Waals surface area contributed by atoms with Gasteiger partial charge < -0.3 is 9.47 Å². The minimum atomic E-state index is -0.397. The van der Waals surface area contributed by atoms with Crippen LogP contribution in [0.2, 0.25) is 0 Å². The van der Waals surface area contributed by atoms with Gasteiger partial charge in [-0.15, -0.1) is 0 Å². The van der Waals surface area contributed by atoms with Crippen LogP contribution >= 0.6 is 0 Å². The number of hydrogen-bond donors (Lipinski definition) is 0. The average Bonchev–Trinajstić information content (AvgIpc) is 1.69. The van der Waals surface area contributed by atoms with Crippen LogP contribution in [0.5, 0.6) is 0 Å². The SMILES string of the molecule is O=C1C=CO[CH]O1. The van der Waals surface area contributed by atoms with Gasteiger partial charge in [0.05, 0.1) is 12.3 Å². The molecule has 0 N–H and O–H groups in total. The summed E-state index contributed by atoms with van der Waals surface area (Å²) < 4.78 is 8.60. The largest absolute Gasteiger partial charge is 0.456 e. The van der Waals surface area contributed by atoms with Crippen molar-refractivity contribution in [2.45, 2.75) is 0 Å². The van der Waals surface area contributed by atoms with Gasteiger partial charge >= 0.3 is 12.8 Å². The monoisotopic (exact) mass is 99.0 g/mol. The third-order valence-corrected chi connectivity index (χ3v) is 0.503. The summed E-state index contributed by atoms with van der Waals surface area (Å²) in [5.74, 6) is -0.397. The van der Waals surface area contributed by atoms with Gasteiger partial charge in [0.1, 0.15) is 0 Å². The second-order valence-corrected chi connectivity index (χ2v) is 0.972. The maximum atomic E-state index is 10.0. The average molecular weight is 99.1 g/mol. The van der Waals surface area contributed by atoms with E-state index in [0.29, 0.717) is 0 Å². The molecule has 0 atom stereocenters. The maximum absolute atomic E-state index is 10.0. The molecule has 0 saturated carbocycles. The van der Waals surface area contributed by atoms with E-state index in [-0.39, 0.29) is 0 Å². The Bertz CT molecular complexity index is 106. The van der Waals surface area contributed by atoms with E-state index in [2.05, 4.69) is 9.47 Å². The van der Waals surface area contributed by atoms with Crippen LogP contribution in [0.25, 0.3) is 0 Å². The third-order valence-electron chi connectivity index (χ3n) is 0.503. The summed E-state index contributed by atoms with van der Waals surface area (Å²) in [7, 11) is 0. The Balaban J connectivity index is 2.51. The van der Waals surface area contributed by atoms with Crippen LogP contribution in [0.3, 0.4) is 0 Å². The number of hydrogen-bond acceptors (Lipinski definition) is 3. The molecule has 0 aromatic heterocycles. The minimum Gasteiger partial charge on any atom is -0.456 e. The second kappa shape index (κ2) is 1.64. The Labute approximate surface area is 40.5 Å². The molecular weight excluding hydrogens is 96.0 g/mol. The molecule has 0 amide bonds. The van der Waals surface area contributed by atoms with Gasteiger partial charge in [-0.1, -0.05) is 0 Å². The van der Waals surface area contributed by atoms with Crippen molar-refractivity contribution in [3.8, 4) is 0 Å². The number of rotatable bonds is 0. The molecule has 1 aliphatic rings. The summed E-state index contributed by atoms with van der Waals surface area (Å²) in [4.78, 5) is 10.0. The number of ether oxygens (including phenoxy) is 2. The molecule has 0 aliphatic carbocycles. The predicted molar refractivity (Wildman–Crippen MR) is 20.6 cm³/mol. The molecule has 3 heteroatoms. The summed E-state index contributed by atoms with van der Waals surface area (Å²) >= 11 is 0. The first-order valence-electron chi connectivity index (χ1n) is 1.74. The van der Waals surface area contributed by atoms with E-state index in [0.717, 1.165) is 6.79 Å². The highest BCUT2D eigenvalue weighted by Crippen LogP contribution is 1.95. The first-order chi connectivity index (χ1) is 3.39. The van der Waals surface area contributed by atoms with Crippen LogP contribution < -0.4 is 0 Å². The lowest BCUT2D eigenvalue weighted by atomic mass is 10.6. The normalized spacial score (nSPS) is 18.0. The molecule has 0 aromatic rings. The Morgan fingerprint density at radius 2 is 2.43 bits per heavy atom. The zero-order chi connectivity index (χ0) is 5.11. The van der Waals surface area contributed by atoms with Gasteiger partial charge in [0.2, 0.25) is 0 Å². The van der Waals surface area contributed by atoms with Crippen LogP contribution in [0.1, 0.15) is 0 Å². The van der Waals surface area contributed by atoms with Crippen LogP contribution in [0.15, 0.2) is 12.3 Å². The van der Waals surface area contributed by atoms with Crippen molar-refractivity contribution >= 4 is 5.97 Å². The number of carbonyl (C=O) groups is 1. The fourth-order valence-corrected chi connectivity index (χ4v) is 0.241. The van der Waals surface area contributed by atoms with E-state index < -0.39 is 5.97 Å². The van der Waals surface area contributed by atoms with E-state index in [4.69, 9.17) is 0 Å². The van der Waals surface area contributed by atoms with Crippen molar-refractivity contribution in [3.05, 3.63) is 19.1 Å². The van der Waals surface area contributed by atoms with Crippen LogP contribution in [-0.4, -0.2) is 5.97 Å². The van der Waals surface area contributed by atoms with Gasteiger partial charge in [-0.3, -0.25) is 0 Å². The third kappa shape index (κ3) is 0.924. The molecule has 0 aromatic carbocycles. The lowest BCUT2D eigenvalue weighted by molar-refractivity contribution is -0.141. The van der Waals surface area contributed by atoms with Crippen LogP contribution in [-0.2, 0) is 14.3 Å². The number of cyclic esters (lactones) is 1. The van der Waals surface area contributed by atoms with Crippen LogP contribution in [0, 0.1) is 6.79 Å². The number of esters is 1. The van der Waals surface area contributed by atoms with Crippen molar-refractivity contribution in [1.29, 1.82) is 0 Å². The summed E-state index contributed by atoms with van der Waals surface area (Å²) in [5, 5.41) is 0. The predicted octanol–water partition coefficient (Wildman–Crippen LogP) is 0.193. The molecule has 1 rings (SSSR count). The molecule has 0 unspecified atom stereocenters. The molecule has 1 radical (unpaired) electrons. The molecule has 7 heavy (non-hydrogen) atoms. The zero-order valence-corrected chi connectivity index (χ0v) is 3.46. The summed E-state index contributed by atoms with van der Waals surface area (Å²) in [6.45, 7) is 0.975. The highest BCUT2D eigenvalue weighted by molar-refractivity contribution is 5.82. The molecule has 37 valence electrons. The topological polar surface area (TPSA) is 35.5 Å². The Morgan fingerprint density at radius 3 is 2.71 bits per heavy atom. The Hall–Kier alpha value is -0.990. The van der Waals surface area contributed by atoms with Gasteiger partial charge in [-0.05, 0) is 0 Å². The maximum Gasteiger partial charge on any atom is 0.337 e. The van der Waals surface area contributed by atoms with Crippen molar-refractivity contribution in [2.75, 3.05) is 0 Å². The van der Waals surface area contributed by atoms with Gasteiger partial charge in [0, 0.05) is 0 Å². The van der Waals surface area contributed by atoms with E-state index in [1.54, 1.807) is 0 Å². The van der Waals surface area contributed by atoms with E-state index in [9.17, 15) is 4.79 Å². The zero-order valence-electron chi connectivity index (χ0n) is 3.46. The van der Waals surface area contributed by atoms with Gasteiger partial charge in [-0.2, -0.15) is 0 Å². The van der Waals surface area contributed by atoms with E-state index >= 15 is 0 Å². The van der Waals surface area contributed by atoms with Gasteiger partial charge in [0.15, 0.2) is 0 Å². The van der Waals surface area contributed by atoms with Gasteiger partial charge in [-0.25, -0.2) is 4.79 Å². The molecule has 1 aliphatic heterocycles. The molecule has 0 bridgehead atoms. The lowest BCUT2D eigenvalue weighted by Crippen LogP contribution is -2.02.